The van der Waals surface area contributed by atoms with Crippen LogP contribution in [-0.2, 0) is 22.3 Å². The first kappa shape index (κ1) is 20.1. The molecule has 4 atom stereocenters. The number of ether oxygens (including phenoxy) is 2. The molecule has 0 aliphatic carbocycles. The summed E-state index contributed by atoms with van der Waals surface area (Å²) in [6, 6.07) is 3.92. The molecule has 0 bridgehead atoms. The van der Waals surface area contributed by atoms with E-state index in [2.05, 4.69) is 49.8 Å². The Morgan fingerprint density at radius 2 is 1.22 bits per heavy atom. The summed E-state index contributed by atoms with van der Waals surface area (Å²) in [6.07, 6.45) is 0.965. The third kappa shape index (κ3) is 4.46. The molecule has 0 saturated carbocycles. The van der Waals surface area contributed by atoms with E-state index in [9.17, 15) is 0 Å². The van der Waals surface area contributed by atoms with Crippen LogP contribution in [0, 0.1) is 27.7 Å². The van der Waals surface area contributed by atoms with Crippen molar-refractivity contribution in [2.75, 3.05) is 0 Å². The van der Waals surface area contributed by atoms with Gasteiger partial charge in [-0.05, 0) is 77.6 Å². The summed E-state index contributed by atoms with van der Waals surface area (Å²) in [4.78, 5) is 6.68. The largest absolute Gasteiger partial charge is 0.362 e. The standard InChI is InChI=1S/C21H34N4O2/c1-11-7-15(13(3)24-11)9-17(22)19-20(27-21(5,6)26-19)18(23)10-16-8-12(2)25-14(16)4/h7-8,17-20,24-25H,9-10,22-23H2,1-6H3/t17-,18-,19+,20+/m1/s1. The summed E-state index contributed by atoms with van der Waals surface area (Å²) in [6.45, 7) is 12.1. The molecule has 3 rings (SSSR count). The van der Waals surface area contributed by atoms with Crippen LogP contribution in [0.15, 0.2) is 12.1 Å². The number of nitrogens with two attached hydrogens (primary N) is 2. The van der Waals surface area contributed by atoms with Crippen LogP contribution >= 0.6 is 0 Å². The number of aromatic nitrogens is 2. The van der Waals surface area contributed by atoms with Gasteiger partial charge in [-0.3, -0.25) is 0 Å². The zero-order chi connectivity index (χ0) is 19.9. The van der Waals surface area contributed by atoms with Crippen molar-refractivity contribution >= 4 is 0 Å². The van der Waals surface area contributed by atoms with Crippen molar-refractivity contribution in [3.8, 4) is 0 Å². The predicted molar refractivity (Wildman–Crippen MR) is 108 cm³/mol. The first-order valence-corrected chi connectivity index (χ1v) is 9.72. The number of rotatable bonds is 6. The number of H-pyrrole nitrogens is 2. The maximum Gasteiger partial charge on any atom is 0.163 e. The van der Waals surface area contributed by atoms with E-state index < -0.39 is 5.79 Å². The van der Waals surface area contributed by atoms with E-state index in [-0.39, 0.29) is 24.3 Å². The highest BCUT2D eigenvalue weighted by Crippen LogP contribution is 2.33. The summed E-state index contributed by atoms with van der Waals surface area (Å²) in [5, 5.41) is 0. The van der Waals surface area contributed by atoms with Gasteiger partial charge in [0, 0.05) is 34.9 Å². The Labute approximate surface area is 162 Å². The molecule has 1 fully saturated rings. The Balaban J connectivity index is 1.75. The summed E-state index contributed by atoms with van der Waals surface area (Å²) in [5.41, 5.74) is 20.2. The van der Waals surface area contributed by atoms with Crippen molar-refractivity contribution in [3.63, 3.8) is 0 Å². The predicted octanol–water partition coefficient (Wildman–Crippen LogP) is 2.54. The van der Waals surface area contributed by atoms with Crippen LogP contribution in [0.1, 0.15) is 47.8 Å². The molecule has 1 aliphatic heterocycles. The monoisotopic (exact) mass is 374 g/mol. The van der Waals surface area contributed by atoms with Gasteiger partial charge in [-0.1, -0.05) is 0 Å². The van der Waals surface area contributed by atoms with Gasteiger partial charge in [-0.2, -0.15) is 0 Å². The zero-order valence-electron chi connectivity index (χ0n) is 17.3. The van der Waals surface area contributed by atoms with Gasteiger partial charge in [-0.15, -0.1) is 0 Å². The van der Waals surface area contributed by atoms with Crippen molar-refractivity contribution in [2.45, 2.75) is 84.5 Å². The second-order valence-corrected chi connectivity index (χ2v) is 8.51. The Hall–Kier alpha value is -1.60. The fourth-order valence-electron chi connectivity index (χ4n) is 4.21. The van der Waals surface area contributed by atoms with Crippen LogP contribution in [0.4, 0.5) is 0 Å². The van der Waals surface area contributed by atoms with Crippen LogP contribution in [0.5, 0.6) is 0 Å². The molecule has 6 heteroatoms. The third-order valence-electron chi connectivity index (χ3n) is 5.43. The van der Waals surface area contributed by atoms with Crippen LogP contribution < -0.4 is 11.5 Å². The Morgan fingerprint density at radius 3 is 1.52 bits per heavy atom. The molecule has 1 aliphatic rings. The molecule has 2 aromatic heterocycles. The smallest absolute Gasteiger partial charge is 0.163 e. The molecule has 6 nitrogen and oxygen atoms in total. The molecule has 1 saturated heterocycles. The van der Waals surface area contributed by atoms with Crippen LogP contribution in [0.25, 0.3) is 0 Å². The highest BCUT2D eigenvalue weighted by atomic mass is 16.8. The molecule has 0 aromatic carbocycles. The minimum Gasteiger partial charge on any atom is -0.362 e. The minimum absolute atomic E-state index is 0.189. The molecular weight excluding hydrogens is 340 g/mol. The summed E-state index contributed by atoms with van der Waals surface area (Å²) < 4.78 is 12.4. The van der Waals surface area contributed by atoms with Crippen molar-refractivity contribution in [2.24, 2.45) is 11.5 Å². The summed E-state index contributed by atoms with van der Waals surface area (Å²) in [5.74, 6) is -0.684. The highest BCUT2D eigenvalue weighted by Gasteiger charge is 2.46. The van der Waals surface area contributed by atoms with E-state index >= 15 is 0 Å². The number of hydrogen-bond donors (Lipinski definition) is 4. The molecule has 2 aromatic rings. The van der Waals surface area contributed by atoms with Crippen molar-refractivity contribution < 1.29 is 9.47 Å². The van der Waals surface area contributed by atoms with Gasteiger partial charge in [-0.25, -0.2) is 0 Å². The van der Waals surface area contributed by atoms with Gasteiger partial charge in [0.2, 0.25) is 0 Å². The second-order valence-electron chi connectivity index (χ2n) is 8.51. The van der Waals surface area contributed by atoms with E-state index in [0.29, 0.717) is 0 Å². The Bertz CT molecular complexity index is 728. The molecule has 0 unspecified atom stereocenters. The van der Waals surface area contributed by atoms with Gasteiger partial charge in [0.15, 0.2) is 5.79 Å². The first-order chi connectivity index (χ1) is 12.6. The first-order valence-electron chi connectivity index (χ1n) is 9.72. The molecule has 3 heterocycles. The average molecular weight is 375 g/mol. The van der Waals surface area contributed by atoms with Gasteiger partial charge in [0.1, 0.15) is 12.2 Å². The summed E-state index contributed by atoms with van der Waals surface area (Å²) >= 11 is 0. The van der Waals surface area contributed by atoms with Gasteiger partial charge in [0.25, 0.3) is 0 Å². The molecule has 27 heavy (non-hydrogen) atoms. The average Bonchev–Trinajstić information content (AvgIpc) is 3.15. The van der Waals surface area contributed by atoms with Crippen LogP contribution in [-0.4, -0.2) is 40.0 Å². The lowest BCUT2D eigenvalue weighted by atomic mass is 9.92. The number of aryl methyl sites for hydroxylation is 4. The lowest BCUT2D eigenvalue weighted by Gasteiger charge is -2.27. The van der Waals surface area contributed by atoms with Gasteiger partial charge >= 0.3 is 0 Å². The molecule has 0 spiro atoms. The number of hydrogen-bond acceptors (Lipinski definition) is 4. The highest BCUT2D eigenvalue weighted by molar-refractivity contribution is 5.27. The fourth-order valence-corrected chi connectivity index (χ4v) is 4.21. The SMILES string of the molecule is Cc1cc(C[C@@H](N)[C@@H]2OC(C)(C)O[C@H]2[C@H](N)Cc2cc(C)[nH]c2C)c(C)[nH]1. The van der Waals surface area contributed by atoms with Crippen molar-refractivity contribution in [1.82, 2.24) is 9.97 Å². The lowest BCUT2D eigenvalue weighted by molar-refractivity contribution is -0.149. The van der Waals surface area contributed by atoms with E-state index in [4.69, 9.17) is 20.9 Å². The third-order valence-corrected chi connectivity index (χ3v) is 5.43. The number of nitrogens with one attached hydrogen (secondary N) is 2. The lowest BCUT2D eigenvalue weighted by Crippen LogP contribution is -2.51. The van der Waals surface area contributed by atoms with E-state index in [1.54, 1.807) is 0 Å². The van der Waals surface area contributed by atoms with Gasteiger partial charge in [0.05, 0.1) is 0 Å². The number of aromatic amines is 2. The summed E-state index contributed by atoms with van der Waals surface area (Å²) in [7, 11) is 0. The quantitative estimate of drug-likeness (QED) is 0.624. The van der Waals surface area contributed by atoms with Crippen molar-refractivity contribution in [3.05, 3.63) is 46.0 Å². The molecule has 0 amide bonds. The maximum atomic E-state index is 6.59. The second kappa shape index (κ2) is 7.43. The molecule has 150 valence electrons. The van der Waals surface area contributed by atoms with Gasteiger partial charge < -0.3 is 30.9 Å². The Kier molecular flexibility index (Phi) is 5.54. The zero-order valence-corrected chi connectivity index (χ0v) is 17.3. The van der Waals surface area contributed by atoms with E-state index in [0.717, 1.165) is 35.6 Å². The Morgan fingerprint density at radius 1 is 0.852 bits per heavy atom. The maximum absolute atomic E-state index is 6.59. The topological polar surface area (TPSA) is 102 Å². The van der Waals surface area contributed by atoms with Crippen LogP contribution in [0.2, 0.25) is 0 Å². The van der Waals surface area contributed by atoms with E-state index in [1.807, 2.05) is 13.8 Å². The molecule has 0 radical (unpaired) electrons. The minimum atomic E-state index is -0.684. The molecule has 6 N–H and O–H groups in total. The van der Waals surface area contributed by atoms with Crippen LogP contribution in [0.3, 0.4) is 0 Å². The normalized spacial score (nSPS) is 24.3. The van der Waals surface area contributed by atoms with Crippen molar-refractivity contribution in [1.29, 1.82) is 0 Å². The molecular formula is C21H34N4O2. The van der Waals surface area contributed by atoms with E-state index in [1.165, 1.54) is 11.1 Å². The fraction of sp³-hybridized carbons (Fsp3) is 0.619.